The lowest BCUT2D eigenvalue weighted by atomic mass is 9.80. The van der Waals surface area contributed by atoms with Crippen LogP contribution in [0.1, 0.15) is 74.5 Å². The lowest BCUT2D eigenvalue weighted by Crippen LogP contribution is -2.25. The van der Waals surface area contributed by atoms with E-state index in [-0.39, 0.29) is 18.0 Å². The molecule has 2 aromatic rings. The van der Waals surface area contributed by atoms with E-state index in [1.54, 1.807) is 44.2 Å². The number of benzene rings is 2. The Morgan fingerprint density at radius 3 is 2.26 bits per heavy atom. The van der Waals surface area contributed by atoms with Crippen molar-refractivity contribution in [3.05, 3.63) is 51.5 Å². The molecule has 1 unspecified atom stereocenters. The number of halogens is 1. The van der Waals surface area contributed by atoms with Gasteiger partial charge in [-0.3, -0.25) is 9.59 Å². The van der Waals surface area contributed by atoms with Crippen LogP contribution in [0.4, 0.5) is 0 Å². The van der Waals surface area contributed by atoms with Crippen LogP contribution in [0.15, 0.2) is 34.8 Å². The number of rotatable bonds is 13. The molecule has 186 valence electrons. The number of hydrogen-bond acceptors (Lipinski definition) is 6. The summed E-state index contributed by atoms with van der Waals surface area (Å²) in [6, 6.07) is 8.48. The summed E-state index contributed by atoms with van der Waals surface area (Å²) in [7, 11) is 0. The van der Waals surface area contributed by atoms with Crippen molar-refractivity contribution in [2.75, 3.05) is 13.2 Å². The smallest absolute Gasteiger partial charge is 0.303 e. The molecule has 8 heteroatoms. The zero-order valence-corrected chi connectivity index (χ0v) is 21.6. The van der Waals surface area contributed by atoms with E-state index in [0.29, 0.717) is 58.7 Å². The molecule has 0 fully saturated rings. The van der Waals surface area contributed by atoms with Gasteiger partial charge in [0.25, 0.3) is 0 Å². The fourth-order valence-electron chi connectivity index (χ4n) is 3.69. The van der Waals surface area contributed by atoms with Crippen LogP contribution in [-0.2, 0) is 11.2 Å². The first-order chi connectivity index (χ1) is 16.0. The van der Waals surface area contributed by atoms with E-state index in [9.17, 15) is 19.8 Å². The summed E-state index contributed by atoms with van der Waals surface area (Å²) in [5, 5.41) is 30.1. The van der Waals surface area contributed by atoms with Crippen molar-refractivity contribution in [2.24, 2.45) is 5.41 Å². The Labute approximate surface area is 208 Å². The first kappa shape index (κ1) is 27.7. The minimum Gasteiger partial charge on any atom is -0.507 e. The van der Waals surface area contributed by atoms with Crippen LogP contribution >= 0.6 is 15.9 Å². The van der Waals surface area contributed by atoms with E-state index in [2.05, 4.69) is 15.9 Å². The minimum atomic E-state index is -0.961. The molecule has 0 aliphatic rings. The van der Waals surface area contributed by atoms with Crippen LogP contribution in [-0.4, -0.2) is 40.3 Å². The summed E-state index contributed by atoms with van der Waals surface area (Å²) in [5.74, 6) is -0.00252. The molecule has 0 heterocycles. The van der Waals surface area contributed by atoms with Gasteiger partial charge in [0.15, 0.2) is 5.78 Å². The lowest BCUT2D eigenvalue weighted by molar-refractivity contribution is -0.141. The molecular formula is C26H33BrO7. The maximum atomic E-state index is 11.7. The number of aliphatic carboxylic acids is 1. The largest absolute Gasteiger partial charge is 0.507 e. The highest BCUT2D eigenvalue weighted by atomic mass is 79.9. The molecule has 0 radical (unpaired) electrons. The molecule has 0 saturated carbocycles. The van der Waals surface area contributed by atoms with Gasteiger partial charge in [-0.15, -0.1) is 0 Å². The maximum Gasteiger partial charge on any atom is 0.303 e. The average molecular weight is 537 g/mol. The predicted molar refractivity (Wildman–Crippen MR) is 133 cm³/mol. The molecule has 0 aliphatic carbocycles. The first-order valence-corrected chi connectivity index (χ1v) is 12.1. The number of Topliss-reactive ketones (excluding diaryl/α,β-unsaturated/α-hetero) is 1. The summed E-state index contributed by atoms with van der Waals surface area (Å²) in [4.78, 5) is 22.8. The zero-order valence-electron chi connectivity index (χ0n) is 20.1. The van der Waals surface area contributed by atoms with Gasteiger partial charge in [0, 0.05) is 17.4 Å². The molecule has 0 saturated heterocycles. The number of carboxylic acid groups (broad SMARTS) is 1. The Hall–Kier alpha value is -2.58. The predicted octanol–water partition coefficient (Wildman–Crippen LogP) is 5.69. The van der Waals surface area contributed by atoms with Crippen LogP contribution in [0, 0.1) is 5.41 Å². The summed E-state index contributed by atoms with van der Waals surface area (Å²) in [5.41, 5.74) is 0.715. The molecular weight excluding hydrogens is 504 g/mol. The molecule has 0 aliphatic heterocycles. The van der Waals surface area contributed by atoms with Gasteiger partial charge in [0.05, 0.1) is 35.8 Å². The highest BCUT2D eigenvalue weighted by molar-refractivity contribution is 9.10. The van der Waals surface area contributed by atoms with Gasteiger partial charge < -0.3 is 24.8 Å². The highest BCUT2D eigenvalue weighted by Gasteiger charge is 2.32. The van der Waals surface area contributed by atoms with Gasteiger partial charge in [-0.25, -0.2) is 0 Å². The van der Waals surface area contributed by atoms with Gasteiger partial charge in [0.2, 0.25) is 0 Å². The number of ether oxygens (including phenoxy) is 2. The summed E-state index contributed by atoms with van der Waals surface area (Å²) in [6.45, 7) is 7.59. The van der Waals surface area contributed by atoms with Crippen LogP contribution in [0.25, 0.3) is 0 Å². The Morgan fingerprint density at radius 1 is 1.09 bits per heavy atom. The normalized spacial score (nSPS) is 12.3. The third-order valence-electron chi connectivity index (χ3n) is 5.54. The quantitative estimate of drug-likeness (QED) is 0.222. The summed E-state index contributed by atoms with van der Waals surface area (Å²) >= 11 is 3.45. The number of phenols is 1. The lowest BCUT2D eigenvalue weighted by Gasteiger charge is -2.29. The molecule has 7 nitrogen and oxygen atoms in total. The van der Waals surface area contributed by atoms with Gasteiger partial charge >= 0.3 is 5.97 Å². The molecule has 0 bridgehead atoms. The van der Waals surface area contributed by atoms with Crippen molar-refractivity contribution in [3.8, 4) is 17.2 Å². The molecule has 2 rings (SSSR count). The van der Waals surface area contributed by atoms with Crippen LogP contribution < -0.4 is 9.47 Å². The maximum absolute atomic E-state index is 11.7. The second kappa shape index (κ2) is 12.2. The minimum absolute atomic E-state index is 0.0131. The number of carbonyl (C=O) groups excluding carboxylic acids is 1. The molecule has 34 heavy (non-hydrogen) atoms. The number of aliphatic hydroxyl groups excluding tert-OH is 1. The number of hydrogen-bond donors (Lipinski definition) is 3. The van der Waals surface area contributed by atoms with Crippen molar-refractivity contribution in [3.63, 3.8) is 0 Å². The Balaban J connectivity index is 1.94. The summed E-state index contributed by atoms with van der Waals surface area (Å²) < 4.78 is 12.3. The number of carboxylic acids is 1. The van der Waals surface area contributed by atoms with E-state index in [1.807, 2.05) is 6.92 Å². The molecule has 1 atom stereocenters. The topological polar surface area (TPSA) is 113 Å². The zero-order chi connectivity index (χ0) is 25.5. The number of carbonyl (C=O) groups is 2. The van der Waals surface area contributed by atoms with Crippen LogP contribution in [0.2, 0.25) is 0 Å². The second-order valence-electron chi connectivity index (χ2n) is 8.95. The van der Waals surface area contributed by atoms with Gasteiger partial charge in [-0.2, -0.15) is 0 Å². The number of phenolic OH excluding ortho intramolecular Hbond substituents is 1. The van der Waals surface area contributed by atoms with Crippen molar-refractivity contribution in [2.45, 2.75) is 59.5 Å². The Morgan fingerprint density at radius 2 is 1.71 bits per heavy atom. The van der Waals surface area contributed by atoms with E-state index >= 15 is 0 Å². The van der Waals surface area contributed by atoms with Crippen LogP contribution in [0.5, 0.6) is 17.2 Å². The highest BCUT2D eigenvalue weighted by Crippen LogP contribution is 2.39. The molecule has 0 aromatic heterocycles. The second-order valence-corrected chi connectivity index (χ2v) is 9.80. The Bertz CT molecular complexity index is 1020. The van der Waals surface area contributed by atoms with Crippen molar-refractivity contribution in [1.29, 1.82) is 0 Å². The average Bonchev–Trinajstić information content (AvgIpc) is 2.75. The fraction of sp³-hybridized carbons (Fsp3) is 0.462. The first-order valence-electron chi connectivity index (χ1n) is 11.3. The Kier molecular flexibility index (Phi) is 9.94. The van der Waals surface area contributed by atoms with E-state index in [1.165, 1.54) is 6.92 Å². The molecule has 3 N–H and O–H groups in total. The number of aromatic hydroxyl groups is 1. The van der Waals surface area contributed by atoms with Crippen molar-refractivity contribution < 1.29 is 34.4 Å². The van der Waals surface area contributed by atoms with Gasteiger partial charge in [-0.05, 0) is 59.1 Å². The van der Waals surface area contributed by atoms with Crippen molar-refractivity contribution in [1.82, 2.24) is 0 Å². The summed E-state index contributed by atoms with van der Waals surface area (Å²) in [6.07, 6.45) is 0.904. The van der Waals surface area contributed by atoms with Gasteiger partial charge in [0.1, 0.15) is 17.2 Å². The third kappa shape index (κ3) is 7.21. The monoisotopic (exact) mass is 536 g/mol. The molecule has 2 aromatic carbocycles. The van der Waals surface area contributed by atoms with Crippen LogP contribution in [0.3, 0.4) is 0 Å². The standard InChI is InChI=1S/C26H33BrO7/c1-5-7-19-21(11-9-18(16(2)28)24(19)31)33-12-6-13-34-22-10-8-17(14-20(22)27)25(32)26(3,4)15-23(29)30/h8-11,14,25,31-32H,5-7,12-13,15H2,1-4H3,(H,29,30). The molecule has 0 spiro atoms. The number of aliphatic hydroxyl groups is 1. The van der Waals surface area contributed by atoms with E-state index in [4.69, 9.17) is 14.6 Å². The fourth-order valence-corrected chi connectivity index (χ4v) is 4.20. The van der Waals surface area contributed by atoms with E-state index in [0.717, 1.165) is 6.42 Å². The van der Waals surface area contributed by atoms with Crippen molar-refractivity contribution >= 4 is 27.7 Å². The third-order valence-corrected chi connectivity index (χ3v) is 6.16. The number of ketones is 1. The van der Waals surface area contributed by atoms with Gasteiger partial charge in [-0.1, -0.05) is 33.3 Å². The van der Waals surface area contributed by atoms with E-state index < -0.39 is 17.5 Å². The molecule has 0 amide bonds. The SMILES string of the molecule is CCCc1c(OCCCOc2ccc(C(O)C(C)(C)CC(=O)O)cc2Br)ccc(C(C)=O)c1O.